The Morgan fingerprint density at radius 3 is 2.43 bits per heavy atom. The molecule has 0 radical (unpaired) electrons. The van der Waals surface area contributed by atoms with E-state index >= 15 is 0 Å². The minimum Gasteiger partial charge on any atom is -0.311 e. The zero-order valence-corrected chi connectivity index (χ0v) is 9.72. The van der Waals surface area contributed by atoms with Gasteiger partial charge >= 0.3 is 0 Å². The zero-order chi connectivity index (χ0) is 9.92. The molecule has 3 rings (SSSR count). The predicted molar refractivity (Wildman–Crippen MR) is 59.1 cm³/mol. The number of nitrogens with one attached hydrogen (secondary N) is 1. The summed E-state index contributed by atoms with van der Waals surface area (Å²) < 4.78 is 0. The lowest BCUT2D eigenvalue weighted by Crippen LogP contribution is -2.38. The summed E-state index contributed by atoms with van der Waals surface area (Å²) in [5, 5.41) is 3.89. The van der Waals surface area contributed by atoms with Crippen LogP contribution >= 0.6 is 0 Å². The topological polar surface area (TPSA) is 12.0 Å². The van der Waals surface area contributed by atoms with E-state index in [0.29, 0.717) is 5.41 Å². The van der Waals surface area contributed by atoms with Crippen molar-refractivity contribution in [3.05, 3.63) is 0 Å². The third-order valence-electron chi connectivity index (χ3n) is 5.01. The van der Waals surface area contributed by atoms with E-state index in [-0.39, 0.29) is 0 Å². The molecule has 0 spiro atoms. The van der Waals surface area contributed by atoms with Crippen molar-refractivity contribution >= 4 is 0 Å². The first kappa shape index (κ1) is 9.21. The second-order valence-electron chi connectivity index (χ2n) is 6.60. The fourth-order valence-electron chi connectivity index (χ4n) is 3.73. The van der Waals surface area contributed by atoms with Gasteiger partial charge in [-0.3, -0.25) is 0 Å². The molecule has 0 aromatic heterocycles. The summed E-state index contributed by atoms with van der Waals surface area (Å²) in [5.41, 5.74) is 0.633. The smallest absolute Gasteiger partial charge is 0.0101 e. The van der Waals surface area contributed by atoms with Gasteiger partial charge in [0.25, 0.3) is 0 Å². The second-order valence-corrected chi connectivity index (χ2v) is 6.60. The van der Waals surface area contributed by atoms with Gasteiger partial charge in [-0.05, 0) is 55.8 Å². The van der Waals surface area contributed by atoms with E-state index < -0.39 is 0 Å². The first-order chi connectivity index (χ1) is 6.58. The number of hydrogen-bond donors (Lipinski definition) is 1. The van der Waals surface area contributed by atoms with Crippen LogP contribution in [-0.2, 0) is 0 Å². The van der Waals surface area contributed by atoms with E-state index in [1.807, 2.05) is 0 Å². The standard InChI is InChI=1S/C13H23N/c1-8(11-7-13(11,2)3)14-12-5-4-9-6-10(9)12/h8-12,14H,4-7H2,1-3H3. The Morgan fingerprint density at radius 1 is 1.29 bits per heavy atom. The van der Waals surface area contributed by atoms with Gasteiger partial charge in [0, 0.05) is 12.1 Å². The maximum Gasteiger partial charge on any atom is 0.0101 e. The predicted octanol–water partition coefficient (Wildman–Crippen LogP) is 2.81. The van der Waals surface area contributed by atoms with Crippen molar-refractivity contribution in [3.8, 4) is 0 Å². The number of rotatable bonds is 3. The highest BCUT2D eigenvalue weighted by Gasteiger charge is 2.52. The zero-order valence-electron chi connectivity index (χ0n) is 9.72. The average molecular weight is 193 g/mol. The summed E-state index contributed by atoms with van der Waals surface area (Å²) in [6, 6.07) is 1.64. The molecule has 3 fully saturated rings. The molecule has 14 heavy (non-hydrogen) atoms. The lowest BCUT2D eigenvalue weighted by Gasteiger charge is -2.22. The fourth-order valence-corrected chi connectivity index (χ4v) is 3.73. The molecule has 1 nitrogen and oxygen atoms in total. The Labute approximate surface area is 87.7 Å². The van der Waals surface area contributed by atoms with Crippen LogP contribution in [0.15, 0.2) is 0 Å². The van der Waals surface area contributed by atoms with Crippen molar-refractivity contribution < 1.29 is 0 Å². The Kier molecular flexibility index (Phi) is 1.81. The van der Waals surface area contributed by atoms with E-state index in [9.17, 15) is 0 Å². The second kappa shape index (κ2) is 2.75. The van der Waals surface area contributed by atoms with Gasteiger partial charge in [0.15, 0.2) is 0 Å². The molecular formula is C13H23N. The average Bonchev–Trinajstić information content (AvgIpc) is 2.96. The van der Waals surface area contributed by atoms with Crippen LogP contribution in [0.1, 0.15) is 46.5 Å². The molecule has 3 aliphatic carbocycles. The van der Waals surface area contributed by atoms with Crippen LogP contribution in [0.25, 0.3) is 0 Å². The molecule has 3 aliphatic rings. The van der Waals surface area contributed by atoms with Gasteiger partial charge in [0.1, 0.15) is 0 Å². The van der Waals surface area contributed by atoms with Crippen LogP contribution < -0.4 is 5.32 Å². The molecule has 5 atom stereocenters. The summed E-state index contributed by atoms with van der Waals surface area (Å²) in [7, 11) is 0. The Morgan fingerprint density at radius 2 is 2.00 bits per heavy atom. The summed E-state index contributed by atoms with van der Waals surface area (Å²) in [4.78, 5) is 0. The number of hydrogen-bond acceptors (Lipinski definition) is 1. The van der Waals surface area contributed by atoms with Crippen LogP contribution in [0, 0.1) is 23.2 Å². The van der Waals surface area contributed by atoms with Crippen molar-refractivity contribution in [1.29, 1.82) is 0 Å². The third-order valence-corrected chi connectivity index (χ3v) is 5.01. The van der Waals surface area contributed by atoms with E-state index in [4.69, 9.17) is 0 Å². The Balaban J connectivity index is 1.52. The lowest BCUT2D eigenvalue weighted by atomic mass is 10.0. The molecule has 3 saturated carbocycles. The third kappa shape index (κ3) is 1.41. The van der Waals surface area contributed by atoms with E-state index in [0.717, 1.165) is 29.8 Å². The maximum atomic E-state index is 3.89. The molecule has 80 valence electrons. The van der Waals surface area contributed by atoms with Gasteiger partial charge in [-0.2, -0.15) is 0 Å². The molecule has 0 aliphatic heterocycles. The van der Waals surface area contributed by atoms with Gasteiger partial charge in [0.2, 0.25) is 0 Å². The molecular weight excluding hydrogens is 170 g/mol. The molecule has 0 heterocycles. The van der Waals surface area contributed by atoms with Gasteiger partial charge in [-0.15, -0.1) is 0 Å². The fraction of sp³-hybridized carbons (Fsp3) is 1.00. The molecule has 0 aromatic carbocycles. The molecule has 1 heteroatoms. The van der Waals surface area contributed by atoms with Gasteiger partial charge in [-0.25, -0.2) is 0 Å². The maximum absolute atomic E-state index is 3.89. The minimum absolute atomic E-state index is 0.633. The Hall–Kier alpha value is -0.0400. The van der Waals surface area contributed by atoms with Crippen molar-refractivity contribution in [2.24, 2.45) is 23.2 Å². The molecule has 0 amide bonds. The first-order valence-electron chi connectivity index (χ1n) is 6.34. The quantitative estimate of drug-likeness (QED) is 0.727. The first-order valence-corrected chi connectivity index (χ1v) is 6.34. The van der Waals surface area contributed by atoms with Gasteiger partial charge < -0.3 is 5.32 Å². The van der Waals surface area contributed by atoms with Crippen LogP contribution in [0.4, 0.5) is 0 Å². The van der Waals surface area contributed by atoms with Crippen molar-refractivity contribution in [1.82, 2.24) is 5.32 Å². The van der Waals surface area contributed by atoms with E-state index in [1.54, 1.807) is 0 Å². The van der Waals surface area contributed by atoms with Crippen LogP contribution in [-0.4, -0.2) is 12.1 Å². The molecule has 0 bridgehead atoms. The molecule has 0 saturated heterocycles. The molecule has 0 aromatic rings. The highest BCUT2D eigenvalue weighted by atomic mass is 15.0. The number of fused-ring (bicyclic) bond motifs is 1. The van der Waals surface area contributed by atoms with Gasteiger partial charge in [0.05, 0.1) is 0 Å². The summed E-state index contributed by atoms with van der Waals surface area (Å²) >= 11 is 0. The SMILES string of the molecule is CC(NC1CCC2CC21)C1CC1(C)C. The van der Waals surface area contributed by atoms with Crippen LogP contribution in [0.5, 0.6) is 0 Å². The lowest BCUT2D eigenvalue weighted by molar-refractivity contribution is 0.361. The minimum atomic E-state index is 0.633. The Bertz CT molecular complexity index is 246. The van der Waals surface area contributed by atoms with Gasteiger partial charge in [-0.1, -0.05) is 13.8 Å². The van der Waals surface area contributed by atoms with Crippen molar-refractivity contribution in [3.63, 3.8) is 0 Å². The monoisotopic (exact) mass is 193 g/mol. The summed E-state index contributed by atoms with van der Waals surface area (Å²) in [6.45, 7) is 7.21. The van der Waals surface area contributed by atoms with E-state index in [2.05, 4.69) is 26.1 Å². The van der Waals surface area contributed by atoms with E-state index in [1.165, 1.54) is 25.7 Å². The highest BCUT2D eigenvalue weighted by Crippen LogP contribution is 2.55. The molecule has 5 unspecified atom stereocenters. The highest BCUT2D eigenvalue weighted by molar-refractivity contribution is 5.05. The summed E-state index contributed by atoms with van der Waals surface area (Å²) in [5.74, 6) is 3.13. The molecule has 1 N–H and O–H groups in total. The normalized spacial score (nSPS) is 49.9. The van der Waals surface area contributed by atoms with Crippen LogP contribution in [0.2, 0.25) is 0 Å². The largest absolute Gasteiger partial charge is 0.311 e. The van der Waals surface area contributed by atoms with Crippen molar-refractivity contribution in [2.75, 3.05) is 0 Å². The summed E-state index contributed by atoms with van der Waals surface area (Å²) in [6.07, 6.45) is 5.91. The van der Waals surface area contributed by atoms with Crippen molar-refractivity contribution in [2.45, 2.75) is 58.5 Å². The van der Waals surface area contributed by atoms with Crippen LogP contribution in [0.3, 0.4) is 0 Å².